The van der Waals surface area contributed by atoms with Gasteiger partial charge in [0.25, 0.3) is 0 Å². The number of hydrogen-bond acceptors (Lipinski definition) is 4. The van der Waals surface area contributed by atoms with E-state index < -0.39 is 30.8 Å². The Kier molecular flexibility index (Phi) is 3.07. The molecule has 1 saturated carbocycles. The molecule has 0 bridgehead atoms. The number of nitrogens with one attached hydrogen (secondary N) is 1. The molecule has 6 nitrogen and oxygen atoms in total. The van der Waals surface area contributed by atoms with Crippen LogP contribution in [0, 0.1) is 11.7 Å². The van der Waals surface area contributed by atoms with E-state index in [2.05, 4.69) is 15.3 Å². The Hall–Kier alpha value is -3.03. The number of ether oxygens (including phenoxy) is 1. The van der Waals surface area contributed by atoms with Crippen LogP contribution in [0.5, 0.6) is 5.88 Å². The van der Waals surface area contributed by atoms with Crippen molar-refractivity contribution in [1.82, 2.24) is 14.5 Å². The maximum absolute atomic E-state index is 13.8. The van der Waals surface area contributed by atoms with Crippen LogP contribution in [0.4, 0.5) is 14.6 Å². The molecule has 1 aliphatic carbocycles. The van der Waals surface area contributed by atoms with E-state index in [0.29, 0.717) is 5.39 Å². The van der Waals surface area contributed by atoms with Crippen molar-refractivity contribution in [2.75, 3.05) is 12.4 Å². The molecule has 1 amide bonds. The van der Waals surface area contributed by atoms with Gasteiger partial charge < -0.3 is 14.6 Å². The van der Waals surface area contributed by atoms with Gasteiger partial charge in [0.2, 0.25) is 11.8 Å². The van der Waals surface area contributed by atoms with Crippen LogP contribution in [0.2, 0.25) is 0 Å². The molecule has 1 N–H and O–H groups in total. The van der Waals surface area contributed by atoms with Gasteiger partial charge in [0.15, 0.2) is 0 Å². The number of aromatic nitrogens is 3. The second-order valence-electron chi connectivity index (χ2n) is 6.05. The summed E-state index contributed by atoms with van der Waals surface area (Å²) < 4.78 is 56.8. The zero-order valence-corrected chi connectivity index (χ0v) is 13.7. The minimum Gasteiger partial charge on any atom is -0.481 e. The predicted octanol–water partition coefficient (Wildman–Crippen LogP) is 3.08. The van der Waals surface area contributed by atoms with E-state index in [0.717, 1.165) is 16.8 Å². The lowest BCUT2D eigenvalue weighted by Crippen LogP contribution is -2.15. The molecule has 1 aliphatic rings. The summed E-state index contributed by atoms with van der Waals surface area (Å²) in [5.41, 5.74) is 0.558. The van der Waals surface area contributed by atoms with Gasteiger partial charge >= 0.3 is 0 Å². The summed E-state index contributed by atoms with van der Waals surface area (Å²) in [4.78, 5) is 19.9. The average Bonchev–Trinajstić information content (AvgIpc) is 3.25. The number of hydrogen-bond donors (Lipinski definition) is 1. The molecular weight excluding hydrogens is 342 g/mol. The van der Waals surface area contributed by atoms with Crippen LogP contribution in [-0.2, 0) is 11.8 Å². The molecule has 2 atom stereocenters. The van der Waals surface area contributed by atoms with Gasteiger partial charge in [-0.15, -0.1) is 0 Å². The van der Waals surface area contributed by atoms with Crippen LogP contribution < -0.4 is 10.1 Å². The SMILES string of the molecule is [2H]C([2H])([2H])n1c(-c2cc(F)cnc2OC)cc2cc(NC(=O)[C@@H]3C[C@@H]3F)ncc21. The number of anilines is 1. The molecule has 0 aromatic carbocycles. The summed E-state index contributed by atoms with van der Waals surface area (Å²) in [6.07, 6.45) is 1.30. The van der Waals surface area contributed by atoms with Crippen LogP contribution in [0.1, 0.15) is 10.5 Å². The second kappa shape index (κ2) is 6.05. The Morgan fingerprint density at radius 3 is 2.88 bits per heavy atom. The molecule has 4 rings (SSSR count). The van der Waals surface area contributed by atoms with Gasteiger partial charge in [0.1, 0.15) is 17.8 Å². The first-order valence-electron chi connectivity index (χ1n) is 9.36. The summed E-state index contributed by atoms with van der Waals surface area (Å²) in [5, 5.41) is 2.97. The van der Waals surface area contributed by atoms with Crippen molar-refractivity contribution in [3.8, 4) is 17.1 Å². The molecule has 3 heterocycles. The Labute approximate surface area is 152 Å². The number of carbonyl (C=O) groups excluding carboxylic acids is 1. The number of aryl methyl sites for hydroxylation is 1. The van der Waals surface area contributed by atoms with Gasteiger partial charge in [-0.25, -0.2) is 18.7 Å². The predicted molar refractivity (Wildman–Crippen MR) is 92.1 cm³/mol. The van der Waals surface area contributed by atoms with Gasteiger partial charge in [-0.2, -0.15) is 0 Å². The number of carbonyl (C=O) groups is 1. The van der Waals surface area contributed by atoms with Gasteiger partial charge in [0, 0.05) is 16.5 Å². The summed E-state index contributed by atoms with van der Waals surface area (Å²) in [6, 6.07) is 4.13. The average molecular weight is 361 g/mol. The highest BCUT2D eigenvalue weighted by molar-refractivity contribution is 5.96. The number of nitrogens with zero attached hydrogens (tertiary/aromatic N) is 3. The third-order valence-corrected chi connectivity index (χ3v) is 4.28. The minimum absolute atomic E-state index is 0.0592. The molecular formula is C18H16F2N4O2. The quantitative estimate of drug-likeness (QED) is 0.775. The molecule has 26 heavy (non-hydrogen) atoms. The van der Waals surface area contributed by atoms with E-state index in [1.54, 1.807) is 0 Å². The van der Waals surface area contributed by atoms with Crippen LogP contribution in [0.3, 0.4) is 0 Å². The van der Waals surface area contributed by atoms with Crippen molar-refractivity contribution < 1.29 is 22.4 Å². The summed E-state index contributed by atoms with van der Waals surface area (Å²) in [5.74, 6) is -1.59. The molecule has 3 aromatic heterocycles. The van der Waals surface area contributed by atoms with E-state index in [1.807, 2.05) is 0 Å². The lowest BCUT2D eigenvalue weighted by atomic mass is 10.2. The number of fused-ring (bicyclic) bond motifs is 1. The molecule has 0 radical (unpaired) electrons. The number of halogens is 2. The van der Waals surface area contributed by atoms with Crippen molar-refractivity contribution in [2.45, 2.75) is 12.6 Å². The molecule has 1 fully saturated rings. The van der Waals surface area contributed by atoms with E-state index >= 15 is 0 Å². The summed E-state index contributed by atoms with van der Waals surface area (Å²) in [6.45, 7) is -2.60. The standard InChI is InChI=1S/C18H16F2N4O2/c1-24-14(12-5-10(19)7-22-18(12)26-2)3-9-4-16(21-8-15(9)24)23-17(25)11-6-13(11)20/h3-5,7-8,11,13H,6H2,1-2H3,(H,21,23,25)/t11-,13+/m1/s1/i1D3. The fourth-order valence-corrected chi connectivity index (χ4v) is 2.80. The van der Waals surface area contributed by atoms with Crippen LogP contribution in [0.25, 0.3) is 22.2 Å². The smallest absolute Gasteiger partial charge is 0.231 e. The number of amides is 1. The van der Waals surface area contributed by atoms with Gasteiger partial charge in [-0.05, 0) is 24.6 Å². The maximum Gasteiger partial charge on any atom is 0.231 e. The van der Waals surface area contributed by atoms with Crippen molar-refractivity contribution in [1.29, 1.82) is 0 Å². The normalized spacial score (nSPS) is 21.0. The summed E-state index contributed by atoms with van der Waals surface area (Å²) >= 11 is 0. The third-order valence-electron chi connectivity index (χ3n) is 4.28. The Balaban J connectivity index is 1.84. The van der Waals surface area contributed by atoms with Gasteiger partial charge in [-0.1, -0.05) is 0 Å². The van der Waals surface area contributed by atoms with E-state index in [9.17, 15) is 13.6 Å². The Bertz CT molecular complexity index is 1120. The highest BCUT2D eigenvalue weighted by atomic mass is 19.1. The zero-order chi connectivity index (χ0) is 20.9. The highest BCUT2D eigenvalue weighted by Gasteiger charge is 2.43. The summed E-state index contributed by atoms with van der Waals surface area (Å²) in [7, 11) is 1.34. The van der Waals surface area contributed by atoms with Crippen molar-refractivity contribution in [2.24, 2.45) is 12.9 Å². The lowest BCUT2D eigenvalue weighted by molar-refractivity contribution is -0.117. The number of alkyl halides is 1. The molecule has 0 spiro atoms. The van der Waals surface area contributed by atoms with Crippen molar-refractivity contribution in [3.05, 3.63) is 36.4 Å². The third kappa shape index (κ3) is 2.77. The molecule has 0 unspecified atom stereocenters. The molecule has 134 valence electrons. The molecule has 8 heteroatoms. The minimum atomic E-state index is -2.60. The number of methoxy groups -OCH3 is 1. The van der Waals surface area contributed by atoms with Crippen LogP contribution in [0.15, 0.2) is 30.6 Å². The van der Waals surface area contributed by atoms with E-state index in [1.165, 1.54) is 25.4 Å². The van der Waals surface area contributed by atoms with Crippen molar-refractivity contribution in [3.63, 3.8) is 0 Å². The fourth-order valence-electron chi connectivity index (χ4n) is 2.80. The topological polar surface area (TPSA) is 69.0 Å². The van der Waals surface area contributed by atoms with E-state index in [4.69, 9.17) is 8.85 Å². The second-order valence-corrected chi connectivity index (χ2v) is 6.05. The van der Waals surface area contributed by atoms with Crippen LogP contribution in [-0.4, -0.2) is 33.7 Å². The molecule has 0 saturated heterocycles. The fraction of sp³-hybridized carbons (Fsp3) is 0.278. The van der Waals surface area contributed by atoms with Crippen molar-refractivity contribution >= 4 is 22.6 Å². The number of pyridine rings is 2. The lowest BCUT2D eigenvalue weighted by Gasteiger charge is -2.08. The van der Waals surface area contributed by atoms with Gasteiger partial charge in [0.05, 0.1) is 42.2 Å². The maximum atomic E-state index is 13.8. The first-order valence-corrected chi connectivity index (χ1v) is 7.86. The van der Waals surface area contributed by atoms with Gasteiger partial charge in [-0.3, -0.25) is 4.79 Å². The highest BCUT2D eigenvalue weighted by Crippen LogP contribution is 2.35. The zero-order valence-electron chi connectivity index (χ0n) is 16.7. The van der Waals surface area contributed by atoms with Crippen LogP contribution >= 0.6 is 0 Å². The largest absolute Gasteiger partial charge is 0.481 e. The monoisotopic (exact) mass is 361 g/mol. The van der Waals surface area contributed by atoms with E-state index in [-0.39, 0.29) is 34.9 Å². The Morgan fingerprint density at radius 2 is 2.19 bits per heavy atom. The first kappa shape index (κ1) is 13.2. The molecule has 0 aliphatic heterocycles. The molecule has 3 aromatic rings. The first-order chi connectivity index (χ1) is 13.7. The number of rotatable bonds is 4. The Morgan fingerprint density at radius 1 is 1.38 bits per heavy atom.